The van der Waals surface area contributed by atoms with Gasteiger partial charge in [0.2, 0.25) is 0 Å². The van der Waals surface area contributed by atoms with Crippen LogP contribution >= 0.6 is 0 Å². The van der Waals surface area contributed by atoms with Gasteiger partial charge in [-0.25, -0.2) is 12.8 Å². The van der Waals surface area contributed by atoms with E-state index in [0.29, 0.717) is 6.42 Å². The third-order valence-electron chi connectivity index (χ3n) is 1.87. The fourth-order valence-electron chi connectivity index (χ4n) is 1.10. The Labute approximate surface area is 88.1 Å². The third-order valence-corrected chi connectivity index (χ3v) is 3.69. The summed E-state index contributed by atoms with van der Waals surface area (Å²) in [6.45, 7) is 0. The summed E-state index contributed by atoms with van der Waals surface area (Å²) in [6, 6.07) is 6.56. The van der Waals surface area contributed by atoms with Gasteiger partial charge in [-0.1, -0.05) is 0 Å². The van der Waals surface area contributed by atoms with Gasteiger partial charge in [-0.3, -0.25) is 0 Å². The van der Waals surface area contributed by atoms with Crippen LogP contribution < -0.4 is 0 Å². The molecule has 0 amide bonds. The minimum Gasteiger partial charge on any atom is -0.224 e. The summed E-state index contributed by atoms with van der Waals surface area (Å²) < 4.78 is 35.7. The molecule has 1 aromatic carbocycles. The SMILES string of the molecule is N#CCCCS(=O)(=O)c1ccc(F)cc1. The highest BCUT2D eigenvalue weighted by Crippen LogP contribution is 2.13. The molecule has 0 aliphatic rings. The average molecular weight is 227 g/mol. The zero-order valence-electron chi connectivity index (χ0n) is 7.98. The average Bonchev–Trinajstić information content (AvgIpc) is 2.18. The number of benzene rings is 1. The second-order valence-corrected chi connectivity index (χ2v) is 5.14. The van der Waals surface area contributed by atoms with Gasteiger partial charge in [-0.15, -0.1) is 0 Å². The Morgan fingerprint density at radius 1 is 1.27 bits per heavy atom. The van der Waals surface area contributed by atoms with Gasteiger partial charge in [0, 0.05) is 6.42 Å². The largest absolute Gasteiger partial charge is 0.224 e. The molecule has 0 aromatic heterocycles. The number of nitrogens with zero attached hydrogens (tertiary/aromatic N) is 1. The molecular formula is C10H10FNO2S. The van der Waals surface area contributed by atoms with Crippen LogP contribution in [0, 0.1) is 17.1 Å². The van der Waals surface area contributed by atoms with Crippen LogP contribution in [-0.4, -0.2) is 14.2 Å². The van der Waals surface area contributed by atoms with Crippen molar-refractivity contribution in [1.82, 2.24) is 0 Å². The van der Waals surface area contributed by atoms with E-state index in [2.05, 4.69) is 0 Å². The Morgan fingerprint density at radius 3 is 2.40 bits per heavy atom. The predicted octanol–water partition coefficient (Wildman–Crippen LogP) is 1.90. The van der Waals surface area contributed by atoms with E-state index < -0.39 is 15.7 Å². The minimum atomic E-state index is -3.37. The zero-order valence-corrected chi connectivity index (χ0v) is 8.80. The maximum Gasteiger partial charge on any atom is 0.178 e. The molecule has 1 aromatic rings. The summed E-state index contributed by atoms with van der Waals surface area (Å²) in [7, 11) is -3.37. The van der Waals surface area contributed by atoms with E-state index >= 15 is 0 Å². The van der Waals surface area contributed by atoms with Crippen LogP contribution in [0.15, 0.2) is 29.2 Å². The monoisotopic (exact) mass is 227 g/mol. The van der Waals surface area contributed by atoms with E-state index in [4.69, 9.17) is 5.26 Å². The summed E-state index contributed by atoms with van der Waals surface area (Å²) >= 11 is 0. The number of unbranched alkanes of at least 4 members (excludes halogenated alkanes) is 1. The van der Waals surface area contributed by atoms with Crippen LogP contribution in [-0.2, 0) is 9.84 Å². The van der Waals surface area contributed by atoms with Crippen molar-refractivity contribution < 1.29 is 12.8 Å². The van der Waals surface area contributed by atoms with Crippen LogP contribution in [0.4, 0.5) is 4.39 Å². The number of rotatable bonds is 4. The zero-order chi connectivity index (χ0) is 11.3. The standard InChI is InChI=1S/C10H10FNO2S/c11-9-3-5-10(6-4-9)15(13,14)8-2-1-7-12/h3-6H,1-2,8H2. The topological polar surface area (TPSA) is 57.9 Å². The molecule has 0 N–H and O–H groups in total. The normalized spacial score (nSPS) is 10.9. The minimum absolute atomic E-state index is 0.0772. The van der Waals surface area contributed by atoms with E-state index in [0.717, 1.165) is 12.1 Å². The predicted molar refractivity (Wildman–Crippen MR) is 53.3 cm³/mol. The van der Waals surface area contributed by atoms with Crippen molar-refractivity contribution in [3.05, 3.63) is 30.1 Å². The van der Waals surface area contributed by atoms with Gasteiger partial charge < -0.3 is 0 Å². The molecule has 1 rings (SSSR count). The molecule has 0 bridgehead atoms. The first-order valence-electron chi connectivity index (χ1n) is 4.41. The quantitative estimate of drug-likeness (QED) is 0.583. The van der Waals surface area contributed by atoms with E-state index in [1.807, 2.05) is 6.07 Å². The Bertz CT molecular complexity index is 459. The summed E-state index contributed by atoms with van der Waals surface area (Å²) in [5, 5.41) is 8.28. The van der Waals surface area contributed by atoms with Crippen molar-refractivity contribution in [2.45, 2.75) is 17.7 Å². The summed E-state index contributed by atoms with van der Waals surface area (Å²) in [5.74, 6) is -0.544. The molecule has 5 heteroatoms. The van der Waals surface area contributed by atoms with E-state index in [1.54, 1.807) is 0 Å². The van der Waals surface area contributed by atoms with Crippen molar-refractivity contribution in [3.63, 3.8) is 0 Å². The molecule has 0 saturated carbocycles. The molecule has 80 valence electrons. The maximum atomic E-state index is 12.5. The van der Waals surface area contributed by atoms with Crippen molar-refractivity contribution in [1.29, 1.82) is 5.26 Å². The lowest BCUT2D eigenvalue weighted by atomic mass is 10.3. The summed E-state index contributed by atoms with van der Waals surface area (Å²) in [4.78, 5) is 0.0989. The van der Waals surface area contributed by atoms with Gasteiger partial charge in [0.1, 0.15) is 5.82 Å². The van der Waals surface area contributed by atoms with E-state index in [1.165, 1.54) is 12.1 Å². The fourth-order valence-corrected chi connectivity index (χ4v) is 2.41. The molecule has 0 saturated heterocycles. The van der Waals surface area contributed by atoms with Crippen LogP contribution in [0.3, 0.4) is 0 Å². The molecule has 0 atom stereocenters. The van der Waals surface area contributed by atoms with Gasteiger partial charge in [0.25, 0.3) is 0 Å². The highest BCUT2D eigenvalue weighted by Gasteiger charge is 2.13. The van der Waals surface area contributed by atoms with Gasteiger partial charge in [-0.2, -0.15) is 5.26 Å². The molecule has 3 nitrogen and oxygen atoms in total. The summed E-state index contributed by atoms with van der Waals surface area (Å²) in [5.41, 5.74) is 0. The number of hydrogen-bond acceptors (Lipinski definition) is 3. The van der Waals surface area contributed by atoms with Gasteiger partial charge >= 0.3 is 0 Å². The number of nitriles is 1. The first kappa shape index (κ1) is 11.7. The molecule has 0 unspecified atom stereocenters. The highest BCUT2D eigenvalue weighted by molar-refractivity contribution is 7.91. The molecule has 0 aliphatic heterocycles. The third kappa shape index (κ3) is 3.33. The van der Waals surface area contributed by atoms with Crippen molar-refractivity contribution in [2.24, 2.45) is 0 Å². The second-order valence-electron chi connectivity index (χ2n) is 3.03. The van der Waals surface area contributed by atoms with Gasteiger partial charge in [0.05, 0.1) is 16.7 Å². The maximum absolute atomic E-state index is 12.5. The van der Waals surface area contributed by atoms with Crippen LogP contribution in [0.2, 0.25) is 0 Å². The Morgan fingerprint density at radius 2 is 1.87 bits per heavy atom. The Balaban J connectivity index is 2.79. The van der Waals surface area contributed by atoms with Crippen molar-refractivity contribution in [2.75, 3.05) is 5.75 Å². The molecular weight excluding hydrogens is 217 g/mol. The van der Waals surface area contributed by atoms with Crippen LogP contribution in [0.25, 0.3) is 0 Å². The first-order chi connectivity index (χ1) is 7.06. The number of sulfone groups is 1. The molecule has 0 aliphatic carbocycles. The Hall–Kier alpha value is -1.41. The van der Waals surface area contributed by atoms with Crippen LogP contribution in [0.5, 0.6) is 0 Å². The van der Waals surface area contributed by atoms with Gasteiger partial charge in [0.15, 0.2) is 9.84 Å². The van der Waals surface area contributed by atoms with E-state index in [-0.39, 0.29) is 17.1 Å². The number of hydrogen-bond donors (Lipinski definition) is 0. The van der Waals surface area contributed by atoms with Crippen molar-refractivity contribution in [3.8, 4) is 6.07 Å². The fraction of sp³-hybridized carbons (Fsp3) is 0.300. The molecule has 0 fully saturated rings. The lowest BCUT2D eigenvalue weighted by Gasteiger charge is -2.02. The smallest absolute Gasteiger partial charge is 0.178 e. The van der Waals surface area contributed by atoms with Crippen LogP contribution in [0.1, 0.15) is 12.8 Å². The molecule has 0 heterocycles. The van der Waals surface area contributed by atoms with Crippen molar-refractivity contribution >= 4 is 9.84 Å². The first-order valence-corrected chi connectivity index (χ1v) is 6.07. The lowest BCUT2D eigenvalue weighted by Crippen LogP contribution is -2.06. The van der Waals surface area contributed by atoms with Gasteiger partial charge in [-0.05, 0) is 30.7 Å². The summed E-state index contributed by atoms with van der Waals surface area (Å²) in [6.07, 6.45) is 0.511. The lowest BCUT2D eigenvalue weighted by molar-refractivity contribution is 0.592. The second kappa shape index (κ2) is 4.89. The molecule has 0 spiro atoms. The molecule has 0 radical (unpaired) electrons. The highest BCUT2D eigenvalue weighted by atomic mass is 32.2. The van der Waals surface area contributed by atoms with E-state index in [9.17, 15) is 12.8 Å². The number of halogens is 1. The Kier molecular flexibility index (Phi) is 3.81. The molecule has 15 heavy (non-hydrogen) atoms.